The minimum atomic E-state index is -0.328. The number of carbonyl (C=O) groups excluding carboxylic acids is 1. The standard InChI is InChI=1S/C13H26N2O/c1-5-10(4)12(14)13(16)15(9(2)3)8-11-6-7-11/h9-12H,5-8,14H2,1-4H3. The molecule has 0 aliphatic heterocycles. The van der Waals surface area contributed by atoms with Crippen LogP contribution < -0.4 is 5.73 Å². The Morgan fingerprint density at radius 2 is 1.94 bits per heavy atom. The van der Waals surface area contributed by atoms with Crippen LogP contribution in [0.5, 0.6) is 0 Å². The van der Waals surface area contributed by atoms with Crippen molar-refractivity contribution in [3.63, 3.8) is 0 Å². The highest BCUT2D eigenvalue weighted by Gasteiger charge is 2.31. The van der Waals surface area contributed by atoms with Gasteiger partial charge in [0, 0.05) is 12.6 Å². The maximum atomic E-state index is 12.2. The van der Waals surface area contributed by atoms with E-state index in [0.717, 1.165) is 18.9 Å². The molecular formula is C13H26N2O. The molecule has 0 spiro atoms. The summed E-state index contributed by atoms with van der Waals surface area (Å²) in [7, 11) is 0. The second-order valence-electron chi connectivity index (χ2n) is 5.44. The summed E-state index contributed by atoms with van der Waals surface area (Å²) in [6.45, 7) is 9.18. The first-order chi connectivity index (χ1) is 7.47. The third-order valence-electron chi connectivity index (χ3n) is 3.60. The van der Waals surface area contributed by atoms with Crippen molar-refractivity contribution in [3.8, 4) is 0 Å². The van der Waals surface area contributed by atoms with Crippen LogP contribution in [0.25, 0.3) is 0 Å². The number of rotatable bonds is 6. The quantitative estimate of drug-likeness (QED) is 0.753. The van der Waals surface area contributed by atoms with E-state index < -0.39 is 0 Å². The van der Waals surface area contributed by atoms with Gasteiger partial charge in [0.25, 0.3) is 0 Å². The third-order valence-corrected chi connectivity index (χ3v) is 3.60. The van der Waals surface area contributed by atoms with E-state index in [-0.39, 0.29) is 23.9 Å². The van der Waals surface area contributed by atoms with Gasteiger partial charge in [-0.2, -0.15) is 0 Å². The second kappa shape index (κ2) is 5.67. The van der Waals surface area contributed by atoms with Gasteiger partial charge in [0.15, 0.2) is 0 Å². The van der Waals surface area contributed by atoms with Gasteiger partial charge in [-0.05, 0) is 38.5 Å². The monoisotopic (exact) mass is 226 g/mol. The van der Waals surface area contributed by atoms with E-state index in [1.165, 1.54) is 12.8 Å². The summed E-state index contributed by atoms with van der Waals surface area (Å²) in [5.41, 5.74) is 6.01. The van der Waals surface area contributed by atoms with E-state index in [4.69, 9.17) is 5.73 Å². The molecule has 1 amide bonds. The predicted octanol–water partition coefficient (Wildman–Crippen LogP) is 2.01. The van der Waals surface area contributed by atoms with Crippen molar-refractivity contribution in [1.29, 1.82) is 0 Å². The number of hydrogen-bond acceptors (Lipinski definition) is 2. The van der Waals surface area contributed by atoms with Crippen LogP contribution in [0.4, 0.5) is 0 Å². The lowest BCUT2D eigenvalue weighted by Crippen LogP contribution is -2.50. The fourth-order valence-electron chi connectivity index (χ4n) is 1.82. The molecule has 2 atom stereocenters. The maximum absolute atomic E-state index is 12.2. The van der Waals surface area contributed by atoms with Crippen LogP contribution in [-0.2, 0) is 4.79 Å². The highest BCUT2D eigenvalue weighted by Crippen LogP contribution is 2.30. The van der Waals surface area contributed by atoms with Crippen molar-refractivity contribution >= 4 is 5.91 Å². The van der Waals surface area contributed by atoms with Crippen molar-refractivity contribution < 1.29 is 4.79 Å². The number of nitrogens with two attached hydrogens (primary N) is 1. The van der Waals surface area contributed by atoms with Crippen molar-refractivity contribution in [3.05, 3.63) is 0 Å². The molecular weight excluding hydrogens is 200 g/mol. The van der Waals surface area contributed by atoms with Gasteiger partial charge in [0.1, 0.15) is 0 Å². The van der Waals surface area contributed by atoms with Crippen LogP contribution in [0, 0.1) is 11.8 Å². The Morgan fingerprint density at radius 1 is 1.38 bits per heavy atom. The molecule has 1 fully saturated rings. The fraction of sp³-hybridized carbons (Fsp3) is 0.923. The molecule has 3 heteroatoms. The Labute approximate surface area is 99.4 Å². The summed E-state index contributed by atoms with van der Waals surface area (Å²) in [5, 5.41) is 0. The van der Waals surface area contributed by atoms with E-state index >= 15 is 0 Å². The molecule has 0 aromatic heterocycles. The Balaban J connectivity index is 2.57. The van der Waals surface area contributed by atoms with Gasteiger partial charge in [-0.25, -0.2) is 0 Å². The van der Waals surface area contributed by atoms with E-state index in [2.05, 4.69) is 27.7 Å². The SMILES string of the molecule is CCC(C)C(N)C(=O)N(CC1CC1)C(C)C. The highest BCUT2D eigenvalue weighted by atomic mass is 16.2. The maximum Gasteiger partial charge on any atom is 0.239 e. The number of amides is 1. The molecule has 0 aromatic carbocycles. The van der Waals surface area contributed by atoms with Gasteiger partial charge in [0.2, 0.25) is 5.91 Å². The van der Waals surface area contributed by atoms with Gasteiger partial charge in [-0.3, -0.25) is 4.79 Å². The van der Waals surface area contributed by atoms with Crippen LogP contribution in [-0.4, -0.2) is 29.4 Å². The van der Waals surface area contributed by atoms with Crippen LogP contribution in [0.15, 0.2) is 0 Å². The van der Waals surface area contributed by atoms with E-state index in [1.54, 1.807) is 0 Å². The zero-order valence-electron chi connectivity index (χ0n) is 11.1. The van der Waals surface area contributed by atoms with E-state index in [9.17, 15) is 4.79 Å². The molecule has 0 heterocycles. The van der Waals surface area contributed by atoms with Crippen LogP contribution >= 0.6 is 0 Å². The Bertz CT molecular complexity index is 236. The normalized spacial score (nSPS) is 19.6. The fourth-order valence-corrected chi connectivity index (χ4v) is 1.82. The summed E-state index contributed by atoms with van der Waals surface area (Å²) < 4.78 is 0. The molecule has 3 nitrogen and oxygen atoms in total. The average molecular weight is 226 g/mol. The summed E-state index contributed by atoms with van der Waals surface area (Å²) in [4.78, 5) is 14.2. The van der Waals surface area contributed by atoms with Crippen molar-refractivity contribution in [2.45, 2.75) is 59.0 Å². The molecule has 1 saturated carbocycles. The third kappa shape index (κ3) is 3.48. The zero-order chi connectivity index (χ0) is 12.3. The first-order valence-electron chi connectivity index (χ1n) is 6.53. The molecule has 0 saturated heterocycles. The summed E-state index contributed by atoms with van der Waals surface area (Å²) >= 11 is 0. The summed E-state index contributed by atoms with van der Waals surface area (Å²) in [5.74, 6) is 1.14. The number of carbonyl (C=O) groups is 1. The lowest BCUT2D eigenvalue weighted by Gasteiger charge is -2.31. The largest absolute Gasteiger partial charge is 0.339 e. The molecule has 1 aliphatic rings. The van der Waals surface area contributed by atoms with Gasteiger partial charge in [0.05, 0.1) is 6.04 Å². The average Bonchev–Trinajstić information content (AvgIpc) is 3.06. The topological polar surface area (TPSA) is 46.3 Å². The zero-order valence-corrected chi connectivity index (χ0v) is 11.1. The predicted molar refractivity (Wildman–Crippen MR) is 67.0 cm³/mol. The van der Waals surface area contributed by atoms with Crippen molar-refractivity contribution in [2.75, 3.05) is 6.54 Å². The van der Waals surface area contributed by atoms with Crippen LogP contribution in [0.1, 0.15) is 47.0 Å². The highest BCUT2D eigenvalue weighted by molar-refractivity contribution is 5.82. The molecule has 0 bridgehead atoms. The first-order valence-corrected chi connectivity index (χ1v) is 6.53. The molecule has 2 unspecified atom stereocenters. The molecule has 16 heavy (non-hydrogen) atoms. The Morgan fingerprint density at radius 3 is 2.31 bits per heavy atom. The molecule has 1 aliphatic carbocycles. The van der Waals surface area contributed by atoms with Gasteiger partial charge >= 0.3 is 0 Å². The van der Waals surface area contributed by atoms with Crippen molar-refractivity contribution in [2.24, 2.45) is 17.6 Å². The second-order valence-corrected chi connectivity index (χ2v) is 5.44. The van der Waals surface area contributed by atoms with Crippen LogP contribution in [0.2, 0.25) is 0 Å². The smallest absolute Gasteiger partial charge is 0.239 e. The van der Waals surface area contributed by atoms with Crippen molar-refractivity contribution in [1.82, 2.24) is 4.90 Å². The first kappa shape index (κ1) is 13.5. The van der Waals surface area contributed by atoms with Gasteiger partial charge in [-0.15, -0.1) is 0 Å². The van der Waals surface area contributed by atoms with Gasteiger partial charge < -0.3 is 10.6 Å². The molecule has 0 radical (unpaired) electrons. The number of hydrogen-bond donors (Lipinski definition) is 1. The lowest BCUT2D eigenvalue weighted by atomic mass is 9.98. The molecule has 1 rings (SSSR count). The molecule has 0 aromatic rings. The van der Waals surface area contributed by atoms with Crippen LogP contribution in [0.3, 0.4) is 0 Å². The number of nitrogens with zero attached hydrogens (tertiary/aromatic N) is 1. The summed E-state index contributed by atoms with van der Waals surface area (Å²) in [6.07, 6.45) is 3.51. The minimum absolute atomic E-state index is 0.135. The molecule has 94 valence electrons. The van der Waals surface area contributed by atoms with E-state index in [1.807, 2.05) is 4.90 Å². The lowest BCUT2D eigenvalue weighted by molar-refractivity contribution is -0.135. The Kier molecular flexibility index (Phi) is 4.78. The summed E-state index contributed by atoms with van der Waals surface area (Å²) in [6, 6.07) is -0.0608. The molecule has 2 N–H and O–H groups in total. The Hall–Kier alpha value is -0.570. The van der Waals surface area contributed by atoms with Gasteiger partial charge in [-0.1, -0.05) is 20.3 Å². The van der Waals surface area contributed by atoms with E-state index in [0.29, 0.717) is 0 Å². The minimum Gasteiger partial charge on any atom is -0.339 e.